The van der Waals surface area contributed by atoms with E-state index in [4.69, 9.17) is 22.1 Å². The minimum Gasteiger partial charge on any atom is -0.462 e. The van der Waals surface area contributed by atoms with Crippen LogP contribution in [0, 0.1) is 12.7 Å². The molecule has 1 aromatic carbocycles. The Hall–Kier alpha value is -2.21. The highest BCUT2D eigenvalue weighted by Gasteiger charge is 2.19. The van der Waals surface area contributed by atoms with Crippen LogP contribution in [0.5, 0.6) is 0 Å². The van der Waals surface area contributed by atoms with Crippen molar-refractivity contribution >= 4 is 23.4 Å². The Balaban J connectivity index is 2.51. The van der Waals surface area contributed by atoms with Crippen LogP contribution in [0.3, 0.4) is 0 Å². The fourth-order valence-corrected chi connectivity index (χ4v) is 2.09. The van der Waals surface area contributed by atoms with Gasteiger partial charge in [0.25, 0.3) is 0 Å². The van der Waals surface area contributed by atoms with Gasteiger partial charge in [0.2, 0.25) is 0 Å². The Kier molecular flexibility index (Phi) is 4.37. The summed E-state index contributed by atoms with van der Waals surface area (Å²) in [5.74, 6) is -0.819. The van der Waals surface area contributed by atoms with E-state index >= 15 is 0 Å². The second kappa shape index (κ2) is 6.05. The number of aryl methyl sites for hydroxylation is 1. The van der Waals surface area contributed by atoms with E-state index in [1.54, 1.807) is 13.8 Å². The predicted octanol–water partition coefficient (Wildman–Crippen LogP) is 3.00. The van der Waals surface area contributed by atoms with E-state index in [0.29, 0.717) is 11.3 Å². The summed E-state index contributed by atoms with van der Waals surface area (Å²) in [6.07, 6.45) is 0. The molecule has 2 aromatic rings. The molecule has 0 radical (unpaired) electrons. The van der Waals surface area contributed by atoms with E-state index in [1.165, 1.54) is 12.1 Å². The van der Waals surface area contributed by atoms with E-state index in [0.717, 1.165) is 6.07 Å². The van der Waals surface area contributed by atoms with Gasteiger partial charge in [-0.25, -0.2) is 19.2 Å². The fourth-order valence-electron chi connectivity index (χ4n) is 1.84. The molecule has 0 saturated carbocycles. The molecule has 2 rings (SSSR count). The zero-order chi connectivity index (χ0) is 15.6. The minimum absolute atomic E-state index is 0.00339. The number of rotatable bonds is 3. The molecule has 0 amide bonds. The number of hydrogen-bond acceptors (Lipinski definition) is 5. The molecule has 5 nitrogen and oxygen atoms in total. The quantitative estimate of drug-likeness (QED) is 0.882. The van der Waals surface area contributed by atoms with Crippen molar-refractivity contribution in [2.24, 2.45) is 0 Å². The van der Waals surface area contributed by atoms with Crippen molar-refractivity contribution in [2.75, 3.05) is 12.3 Å². The predicted molar refractivity (Wildman–Crippen MR) is 77.5 cm³/mol. The maximum atomic E-state index is 13.1. The fraction of sp³-hybridized carbons (Fsp3) is 0.214. The van der Waals surface area contributed by atoms with Crippen molar-refractivity contribution in [3.63, 3.8) is 0 Å². The summed E-state index contributed by atoms with van der Waals surface area (Å²) < 4.78 is 18.0. The molecular formula is C14H13ClFN3O2. The van der Waals surface area contributed by atoms with Crippen LogP contribution in [0.4, 0.5) is 10.2 Å². The molecule has 110 valence electrons. The lowest BCUT2D eigenvalue weighted by Crippen LogP contribution is -2.13. The van der Waals surface area contributed by atoms with Crippen LogP contribution in [-0.2, 0) is 4.74 Å². The van der Waals surface area contributed by atoms with Crippen LogP contribution in [0.15, 0.2) is 18.2 Å². The third kappa shape index (κ3) is 3.11. The molecule has 0 spiro atoms. The largest absolute Gasteiger partial charge is 0.462 e. The highest BCUT2D eigenvalue weighted by atomic mass is 35.5. The number of nitrogens with zero attached hydrogens (tertiary/aromatic N) is 2. The molecule has 21 heavy (non-hydrogen) atoms. The van der Waals surface area contributed by atoms with Crippen LogP contribution in [0.25, 0.3) is 11.4 Å². The zero-order valence-corrected chi connectivity index (χ0v) is 12.2. The topological polar surface area (TPSA) is 78.1 Å². The van der Waals surface area contributed by atoms with E-state index in [2.05, 4.69) is 9.97 Å². The SMILES string of the molecule is CCOC(=O)c1c(C)nc(-c2ccc(F)cc2Cl)nc1N. The molecule has 2 N–H and O–H groups in total. The number of halogens is 2. The van der Waals surface area contributed by atoms with Gasteiger partial charge in [-0.1, -0.05) is 11.6 Å². The van der Waals surface area contributed by atoms with Gasteiger partial charge in [-0.15, -0.1) is 0 Å². The lowest BCUT2D eigenvalue weighted by Gasteiger charge is -2.10. The summed E-state index contributed by atoms with van der Waals surface area (Å²) in [6.45, 7) is 3.53. The Bertz CT molecular complexity index is 684. The molecule has 0 fully saturated rings. The number of hydrogen-bond donors (Lipinski definition) is 1. The van der Waals surface area contributed by atoms with Crippen molar-refractivity contribution in [2.45, 2.75) is 13.8 Å². The summed E-state index contributed by atoms with van der Waals surface area (Å²) in [5.41, 5.74) is 6.73. The zero-order valence-electron chi connectivity index (χ0n) is 11.5. The van der Waals surface area contributed by atoms with Gasteiger partial charge in [0.1, 0.15) is 17.2 Å². The normalized spacial score (nSPS) is 10.5. The molecule has 0 bridgehead atoms. The highest BCUT2D eigenvalue weighted by molar-refractivity contribution is 6.33. The second-order valence-corrected chi connectivity index (χ2v) is 4.64. The number of benzene rings is 1. The number of ether oxygens (including phenoxy) is 1. The number of esters is 1. The number of carbonyl (C=O) groups is 1. The van der Waals surface area contributed by atoms with Crippen molar-refractivity contribution < 1.29 is 13.9 Å². The average Bonchev–Trinajstić information content (AvgIpc) is 2.37. The van der Waals surface area contributed by atoms with Crippen molar-refractivity contribution in [3.8, 4) is 11.4 Å². The second-order valence-electron chi connectivity index (χ2n) is 4.24. The van der Waals surface area contributed by atoms with Crippen LogP contribution in [-0.4, -0.2) is 22.5 Å². The van der Waals surface area contributed by atoms with E-state index < -0.39 is 11.8 Å². The minimum atomic E-state index is -0.579. The third-order valence-corrected chi connectivity index (χ3v) is 3.08. The number of anilines is 1. The maximum Gasteiger partial charge on any atom is 0.343 e. The number of nitrogens with two attached hydrogens (primary N) is 1. The van der Waals surface area contributed by atoms with Gasteiger partial charge < -0.3 is 10.5 Å². The first-order valence-electron chi connectivity index (χ1n) is 6.20. The molecule has 7 heteroatoms. The molecule has 0 atom stereocenters. The van der Waals surface area contributed by atoms with Gasteiger partial charge in [0.05, 0.1) is 17.3 Å². The molecule has 0 saturated heterocycles. The Labute approximate surface area is 125 Å². The smallest absolute Gasteiger partial charge is 0.343 e. The summed E-state index contributed by atoms with van der Waals surface area (Å²) in [5, 5.41) is 0.165. The molecule has 0 aliphatic heterocycles. The molecule has 1 aromatic heterocycles. The average molecular weight is 310 g/mol. The summed E-state index contributed by atoms with van der Waals surface area (Å²) in [6, 6.07) is 3.86. The highest BCUT2D eigenvalue weighted by Crippen LogP contribution is 2.28. The lowest BCUT2D eigenvalue weighted by molar-refractivity contribution is 0.0526. The van der Waals surface area contributed by atoms with Gasteiger partial charge in [-0.05, 0) is 32.0 Å². The van der Waals surface area contributed by atoms with Gasteiger partial charge in [-0.3, -0.25) is 0 Å². The van der Waals surface area contributed by atoms with E-state index in [1.807, 2.05) is 0 Å². The Morgan fingerprint density at radius 1 is 1.43 bits per heavy atom. The van der Waals surface area contributed by atoms with Crippen LogP contribution < -0.4 is 5.73 Å². The van der Waals surface area contributed by atoms with Crippen LogP contribution in [0.1, 0.15) is 23.0 Å². The number of nitrogen functional groups attached to an aromatic ring is 1. The summed E-state index contributed by atoms with van der Waals surface area (Å²) in [4.78, 5) is 20.0. The standard InChI is InChI=1S/C14H13ClFN3O2/c1-3-21-14(20)11-7(2)18-13(19-12(11)17)9-5-4-8(16)6-10(9)15/h4-6H,3H2,1-2H3,(H2,17,18,19). The van der Waals surface area contributed by atoms with Gasteiger partial charge in [0.15, 0.2) is 5.82 Å². The van der Waals surface area contributed by atoms with Gasteiger partial charge in [0, 0.05) is 5.56 Å². The molecular weight excluding hydrogens is 297 g/mol. The lowest BCUT2D eigenvalue weighted by atomic mass is 10.1. The maximum absolute atomic E-state index is 13.1. The molecule has 1 heterocycles. The van der Waals surface area contributed by atoms with Gasteiger partial charge >= 0.3 is 5.97 Å². The third-order valence-electron chi connectivity index (χ3n) is 2.77. The molecule has 0 aliphatic rings. The molecule has 0 aliphatic carbocycles. The first-order valence-corrected chi connectivity index (χ1v) is 6.58. The summed E-state index contributed by atoms with van der Waals surface area (Å²) in [7, 11) is 0. The first-order chi connectivity index (χ1) is 9.93. The molecule has 0 unspecified atom stereocenters. The number of carbonyl (C=O) groups excluding carboxylic acids is 1. The first kappa shape index (κ1) is 15.2. The Morgan fingerprint density at radius 3 is 2.71 bits per heavy atom. The van der Waals surface area contributed by atoms with E-state index in [9.17, 15) is 9.18 Å². The van der Waals surface area contributed by atoms with Crippen LogP contribution in [0.2, 0.25) is 5.02 Å². The summed E-state index contributed by atoms with van der Waals surface area (Å²) >= 11 is 5.97. The Morgan fingerprint density at radius 2 is 2.14 bits per heavy atom. The number of aromatic nitrogens is 2. The monoisotopic (exact) mass is 309 g/mol. The van der Waals surface area contributed by atoms with E-state index in [-0.39, 0.29) is 28.8 Å². The van der Waals surface area contributed by atoms with Crippen molar-refractivity contribution in [3.05, 3.63) is 40.3 Å². The van der Waals surface area contributed by atoms with Crippen LogP contribution >= 0.6 is 11.6 Å². The van der Waals surface area contributed by atoms with Gasteiger partial charge in [-0.2, -0.15) is 0 Å². The van der Waals surface area contributed by atoms with Crippen molar-refractivity contribution in [1.29, 1.82) is 0 Å². The van der Waals surface area contributed by atoms with Crippen molar-refractivity contribution in [1.82, 2.24) is 9.97 Å².